The van der Waals surface area contributed by atoms with Crippen LogP contribution in [0.5, 0.6) is 0 Å². The minimum atomic E-state index is -0.160. The van der Waals surface area contributed by atoms with Crippen LogP contribution in [0.4, 0.5) is 0 Å². The number of rotatable bonds is 8. The zero-order valence-electron chi connectivity index (χ0n) is 18.0. The molecule has 0 saturated carbocycles. The molecule has 0 spiro atoms. The van der Waals surface area contributed by atoms with Crippen molar-refractivity contribution in [1.29, 1.82) is 0 Å². The van der Waals surface area contributed by atoms with Gasteiger partial charge in [0.05, 0.1) is 23.6 Å². The van der Waals surface area contributed by atoms with Gasteiger partial charge in [0.15, 0.2) is 5.16 Å². The van der Waals surface area contributed by atoms with Crippen molar-refractivity contribution in [2.45, 2.75) is 49.7 Å². The highest BCUT2D eigenvalue weighted by Gasteiger charge is 2.21. The molecule has 1 fully saturated rings. The van der Waals surface area contributed by atoms with Gasteiger partial charge >= 0.3 is 0 Å². The van der Waals surface area contributed by atoms with Crippen molar-refractivity contribution in [3.8, 4) is 0 Å². The molecule has 0 bridgehead atoms. The van der Waals surface area contributed by atoms with Gasteiger partial charge < -0.3 is 10.1 Å². The van der Waals surface area contributed by atoms with Crippen LogP contribution in [0.1, 0.15) is 42.1 Å². The van der Waals surface area contributed by atoms with Gasteiger partial charge in [-0.2, -0.15) is 0 Å². The number of amides is 1. The Hall–Kier alpha value is -2.35. The monoisotopic (exact) mass is 471 g/mol. The van der Waals surface area contributed by atoms with Crippen molar-refractivity contribution in [2.24, 2.45) is 0 Å². The second kappa shape index (κ2) is 10.5. The molecule has 3 aromatic rings. The van der Waals surface area contributed by atoms with Crippen molar-refractivity contribution in [3.05, 3.63) is 69.0 Å². The largest absolute Gasteiger partial charge is 0.376 e. The van der Waals surface area contributed by atoms with Gasteiger partial charge in [-0.05, 0) is 55.2 Å². The Morgan fingerprint density at radius 1 is 1.31 bits per heavy atom. The maximum Gasteiger partial charge on any atom is 0.262 e. The van der Waals surface area contributed by atoms with Crippen LogP contribution in [0.3, 0.4) is 0 Å². The molecule has 168 valence electrons. The van der Waals surface area contributed by atoms with Crippen LogP contribution in [-0.2, 0) is 17.0 Å². The van der Waals surface area contributed by atoms with Crippen molar-refractivity contribution in [2.75, 3.05) is 13.2 Å². The summed E-state index contributed by atoms with van der Waals surface area (Å²) in [5.41, 5.74) is 1.96. The van der Waals surface area contributed by atoms with Crippen molar-refractivity contribution < 1.29 is 9.53 Å². The SMILES string of the molecule is CCCNC(=O)c1ccc2c(=O)n(CC3CCCO3)c(SCc3cccc(Cl)c3)nc2c1. The van der Waals surface area contributed by atoms with Gasteiger partial charge in [0, 0.05) is 29.5 Å². The van der Waals surface area contributed by atoms with E-state index in [0.717, 1.165) is 31.4 Å². The summed E-state index contributed by atoms with van der Waals surface area (Å²) in [5.74, 6) is 0.466. The summed E-state index contributed by atoms with van der Waals surface area (Å²) in [5, 5.41) is 4.66. The number of hydrogen-bond donors (Lipinski definition) is 1. The smallest absolute Gasteiger partial charge is 0.262 e. The molecule has 1 aromatic heterocycles. The lowest BCUT2D eigenvalue weighted by atomic mass is 10.1. The number of hydrogen-bond acceptors (Lipinski definition) is 5. The minimum Gasteiger partial charge on any atom is -0.376 e. The standard InChI is InChI=1S/C24H26ClN3O3S/c1-2-10-26-22(29)17-8-9-20-21(13-17)27-24(32-15-16-5-3-6-18(25)12-16)28(23(20)30)14-19-7-4-11-31-19/h3,5-6,8-9,12-13,19H,2,4,7,10-11,14-15H2,1H3,(H,26,29). The number of benzene rings is 2. The van der Waals surface area contributed by atoms with E-state index in [1.54, 1.807) is 22.8 Å². The zero-order valence-corrected chi connectivity index (χ0v) is 19.5. The molecule has 6 nitrogen and oxygen atoms in total. The predicted molar refractivity (Wildman–Crippen MR) is 129 cm³/mol. The molecule has 1 aliphatic rings. The number of nitrogens with one attached hydrogen (secondary N) is 1. The van der Waals surface area contributed by atoms with Gasteiger partial charge in [0.25, 0.3) is 11.5 Å². The molecule has 1 aliphatic heterocycles. The van der Waals surface area contributed by atoms with E-state index in [2.05, 4.69) is 5.32 Å². The maximum atomic E-state index is 13.4. The summed E-state index contributed by atoms with van der Waals surface area (Å²) < 4.78 is 7.49. The Labute approximate surface area is 196 Å². The van der Waals surface area contributed by atoms with E-state index in [9.17, 15) is 9.59 Å². The van der Waals surface area contributed by atoms with Gasteiger partial charge in [0.2, 0.25) is 0 Å². The third-order valence-electron chi connectivity index (χ3n) is 5.39. The molecule has 1 saturated heterocycles. The average Bonchev–Trinajstić information content (AvgIpc) is 3.31. The molecule has 1 atom stereocenters. The molecule has 2 aromatic carbocycles. The number of carbonyl (C=O) groups excluding carboxylic acids is 1. The van der Waals surface area contributed by atoms with E-state index < -0.39 is 0 Å². The van der Waals surface area contributed by atoms with Gasteiger partial charge in [-0.15, -0.1) is 0 Å². The lowest BCUT2D eigenvalue weighted by Gasteiger charge is -2.17. The summed E-state index contributed by atoms with van der Waals surface area (Å²) in [6, 6.07) is 12.7. The van der Waals surface area contributed by atoms with Crippen LogP contribution in [0, 0.1) is 0 Å². The van der Waals surface area contributed by atoms with Crippen LogP contribution in [-0.4, -0.2) is 34.7 Å². The first-order chi connectivity index (χ1) is 15.5. The summed E-state index contributed by atoms with van der Waals surface area (Å²) >= 11 is 7.61. The van der Waals surface area contributed by atoms with E-state index in [4.69, 9.17) is 21.3 Å². The van der Waals surface area contributed by atoms with E-state index in [1.807, 2.05) is 31.2 Å². The number of carbonyl (C=O) groups is 1. The normalized spacial score (nSPS) is 15.9. The van der Waals surface area contributed by atoms with E-state index in [1.165, 1.54) is 11.8 Å². The Morgan fingerprint density at radius 2 is 2.19 bits per heavy atom. The quantitative estimate of drug-likeness (QED) is 0.382. The van der Waals surface area contributed by atoms with Gasteiger partial charge in [-0.3, -0.25) is 14.2 Å². The molecule has 0 radical (unpaired) electrons. The number of nitrogens with zero attached hydrogens (tertiary/aromatic N) is 2. The molecular weight excluding hydrogens is 446 g/mol. The number of halogens is 1. The number of fused-ring (bicyclic) bond motifs is 1. The predicted octanol–water partition coefficient (Wildman–Crippen LogP) is 4.66. The number of aromatic nitrogens is 2. The van der Waals surface area contributed by atoms with Crippen molar-refractivity contribution >= 4 is 40.2 Å². The first-order valence-corrected chi connectivity index (χ1v) is 12.2. The maximum absolute atomic E-state index is 13.4. The summed E-state index contributed by atoms with van der Waals surface area (Å²) in [6.45, 7) is 3.80. The molecule has 1 unspecified atom stereocenters. The fraction of sp³-hybridized carbons (Fsp3) is 0.375. The van der Waals surface area contributed by atoms with Gasteiger partial charge in [-0.25, -0.2) is 4.98 Å². The minimum absolute atomic E-state index is 0.0107. The first-order valence-electron chi connectivity index (χ1n) is 10.9. The Balaban J connectivity index is 1.70. The highest BCUT2D eigenvalue weighted by molar-refractivity contribution is 7.98. The second-order valence-corrected chi connectivity index (χ2v) is 9.23. The number of ether oxygens (including phenoxy) is 1. The molecule has 32 heavy (non-hydrogen) atoms. The van der Waals surface area contributed by atoms with Crippen LogP contribution >= 0.6 is 23.4 Å². The molecule has 1 amide bonds. The van der Waals surface area contributed by atoms with Crippen molar-refractivity contribution in [1.82, 2.24) is 14.9 Å². The summed E-state index contributed by atoms with van der Waals surface area (Å²) in [6.07, 6.45) is 2.80. The first kappa shape index (κ1) is 22.8. The zero-order chi connectivity index (χ0) is 22.5. The highest BCUT2D eigenvalue weighted by atomic mass is 35.5. The van der Waals surface area contributed by atoms with Gasteiger partial charge in [0.1, 0.15) is 0 Å². The van der Waals surface area contributed by atoms with Crippen LogP contribution < -0.4 is 10.9 Å². The number of thioether (sulfide) groups is 1. The Bertz CT molecular complexity index is 1170. The molecule has 8 heteroatoms. The van der Waals surface area contributed by atoms with E-state index in [-0.39, 0.29) is 17.6 Å². The fourth-order valence-electron chi connectivity index (χ4n) is 3.72. The highest BCUT2D eigenvalue weighted by Crippen LogP contribution is 2.25. The lowest BCUT2D eigenvalue weighted by molar-refractivity contribution is 0.0937. The molecule has 0 aliphatic carbocycles. The van der Waals surface area contributed by atoms with Crippen LogP contribution in [0.15, 0.2) is 52.4 Å². The van der Waals surface area contributed by atoms with E-state index >= 15 is 0 Å². The third kappa shape index (κ3) is 5.34. The Morgan fingerprint density at radius 3 is 2.94 bits per heavy atom. The van der Waals surface area contributed by atoms with E-state index in [0.29, 0.717) is 45.5 Å². The molecular formula is C24H26ClN3O3S. The Kier molecular flexibility index (Phi) is 7.50. The summed E-state index contributed by atoms with van der Waals surface area (Å²) in [7, 11) is 0. The second-order valence-electron chi connectivity index (χ2n) is 7.85. The van der Waals surface area contributed by atoms with Crippen LogP contribution in [0.2, 0.25) is 5.02 Å². The van der Waals surface area contributed by atoms with Crippen molar-refractivity contribution in [3.63, 3.8) is 0 Å². The topological polar surface area (TPSA) is 73.2 Å². The molecule has 4 rings (SSSR count). The lowest BCUT2D eigenvalue weighted by Crippen LogP contribution is -2.29. The average molecular weight is 472 g/mol. The van der Waals surface area contributed by atoms with Gasteiger partial charge in [-0.1, -0.05) is 42.4 Å². The summed E-state index contributed by atoms with van der Waals surface area (Å²) in [4.78, 5) is 30.6. The third-order valence-corrected chi connectivity index (χ3v) is 6.67. The van der Waals surface area contributed by atoms with Crippen LogP contribution in [0.25, 0.3) is 10.9 Å². The molecule has 1 N–H and O–H groups in total. The molecule has 2 heterocycles. The fourth-order valence-corrected chi connectivity index (χ4v) is 4.88.